The highest BCUT2D eigenvalue weighted by Gasteiger charge is 2.01. The van der Waals surface area contributed by atoms with Crippen molar-refractivity contribution in [2.75, 3.05) is 0 Å². The lowest BCUT2D eigenvalue weighted by Gasteiger charge is -2.08. The van der Waals surface area contributed by atoms with E-state index in [9.17, 15) is 0 Å². The molecule has 0 atom stereocenters. The van der Waals surface area contributed by atoms with E-state index in [2.05, 4.69) is 39.0 Å². The van der Waals surface area contributed by atoms with Crippen LogP contribution in [-0.2, 0) is 12.8 Å². The molecule has 0 nitrogen and oxygen atoms in total. The van der Waals surface area contributed by atoms with E-state index in [0.29, 0.717) is 0 Å². The van der Waals surface area contributed by atoms with Crippen LogP contribution < -0.4 is 0 Å². The molecule has 1 radical (unpaired) electrons. The minimum Gasteiger partial charge on any atom is -0.0654 e. The number of aryl methyl sites for hydroxylation is 2. The highest BCUT2D eigenvalue weighted by molar-refractivity contribution is 5.32. The van der Waals surface area contributed by atoms with E-state index < -0.39 is 0 Å². The fraction of sp³-hybridized carbons (Fsp3) is 0.788. The topological polar surface area (TPSA) is 0 Å². The molecule has 191 valence electrons. The molecule has 0 N–H and O–H groups in total. The van der Waals surface area contributed by atoms with Crippen molar-refractivity contribution in [3.8, 4) is 0 Å². The van der Waals surface area contributed by atoms with Crippen molar-refractivity contribution in [2.24, 2.45) is 0 Å². The maximum atomic E-state index is 4.25. The van der Waals surface area contributed by atoms with Crippen molar-refractivity contribution >= 4 is 0 Å². The maximum absolute atomic E-state index is 4.25. The smallest absolute Gasteiger partial charge is 0.0238 e. The van der Waals surface area contributed by atoms with Crippen LogP contribution in [0.5, 0.6) is 0 Å². The van der Waals surface area contributed by atoms with E-state index in [0.717, 1.165) is 0 Å². The second-order valence-electron chi connectivity index (χ2n) is 10.7. The van der Waals surface area contributed by atoms with E-state index in [4.69, 9.17) is 0 Å². The SMILES string of the molecule is [CH2]c1cc(CCCCCCCCCCCCC)cc(CCCCCCCCCCCCC)c1. The standard InChI is InChI=1S/C33H59/c1-4-6-8-10-12-14-16-18-20-22-24-26-32-28-31(3)29-33(30-32)27-25-23-21-19-17-15-13-11-9-7-5-2/h28-30H,3-27H2,1-2H3. The van der Waals surface area contributed by atoms with Gasteiger partial charge in [-0.2, -0.15) is 0 Å². The Morgan fingerprint density at radius 2 is 0.667 bits per heavy atom. The first kappa shape index (κ1) is 30.3. The molecule has 1 rings (SSSR count). The van der Waals surface area contributed by atoms with Gasteiger partial charge in [-0.05, 0) is 49.3 Å². The maximum Gasteiger partial charge on any atom is -0.0238 e. The summed E-state index contributed by atoms with van der Waals surface area (Å²) in [4.78, 5) is 0. The largest absolute Gasteiger partial charge is 0.0654 e. The summed E-state index contributed by atoms with van der Waals surface area (Å²) in [5.41, 5.74) is 4.27. The molecule has 33 heavy (non-hydrogen) atoms. The average Bonchev–Trinajstić information content (AvgIpc) is 2.80. The van der Waals surface area contributed by atoms with Crippen LogP contribution in [0.4, 0.5) is 0 Å². The molecule has 0 unspecified atom stereocenters. The van der Waals surface area contributed by atoms with Gasteiger partial charge in [-0.1, -0.05) is 160 Å². The van der Waals surface area contributed by atoms with Gasteiger partial charge in [0.25, 0.3) is 0 Å². The number of hydrogen-bond donors (Lipinski definition) is 0. The molecular formula is C33H59. The first-order valence-electron chi connectivity index (χ1n) is 15.2. The first-order valence-corrected chi connectivity index (χ1v) is 15.2. The summed E-state index contributed by atoms with van der Waals surface area (Å²) >= 11 is 0. The number of benzene rings is 1. The summed E-state index contributed by atoms with van der Waals surface area (Å²) < 4.78 is 0. The van der Waals surface area contributed by atoms with Gasteiger partial charge in [0.05, 0.1) is 0 Å². The molecule has 1 aromatic rings. The molecule has 0 aliphatic rings. The Kier molecular flexibility index (Phi) is 21.1. The van der Waals surface area contributed by atoms with Crippen LogP contribution in [0.2, 0.25) is 0 Å². The van der Waals surface area contributed by atoms with Crippen molar-refractivity contribution in [3.05, 3.63) is 41.8 Å². The van der Waals surface area contributed by atoms with Gasteiger partial charge in [0.15, 0.2) is 0 Å². The highest BCUT2D eigenvalue weighted by Crippen LogP contribution is 2.18. The zero-order chi connectivity index (χ0) is 23.8. The fourth-order valence-electron chi connectivity index (χ4n) is 5.11. The van der Waals surface area contributed by atoms with Gasteiger partial charge >= 0.3 is 0 Å². The van der Waals surface area contributed by atoms with Crippen LogP contribution in [0.3, 0.4) is 0 Å². The Labute approximate surface area is 209 Å². The van der Waals surface area contributed by atoms with E-state index in [1.54, 1.807) is 0 Å². The van der Waals surface area contributed by atoms with Gasteiger partial charge in [0, 0.05) is 0 Å². The van der Waals surface area contributed by atoms with Crippen molar-refractivity contribution in [1.29, 1.82) is 0 Å². The lowest BCUT2D eigenvalue weighted by atomic mass is 9.97. The third-order valence-corrected chi connectivity index (χ3v) is 7.25. The van der Waals surface area contributed by atoms with Gasteiger partial charge in [-0.15, -0.1) is 0 Å². The van der Waals surface area contributed by atoms with E-state index in [1.807, 2.05) is 0 Å². The Balaban J connectivity index is 2.02. The molecule has 0 amide bonds. The lowest BCUT2D eigenvalue weighted by molar-refractivity contribution is 0.549. The summed E-state index contributed by atoms with van der Waals surface area (Å²) in [6, 6.07) is 7.11. The van der Waals surface area contributed by atoms with Gasteiger partial charge in [-0.25, -0.2) is 0 Å². The van der Waals surface area contributed by atoms with Crippen molar-refractivity contribution in [3.63, 3.8) is 0 Å². The van der Waals surface area contributed by atoms with E-state index >= 15 is 0 Å². The zero-order valence-corrected chi connectivity index (χ0v) is 22.9. The molecule has 0 fully saturated rings. The third-order valence-electron chi connectivity index (χ3n) is 7.25. The summed E-state index contributed by atoms with van der Waals surface area (Å²) in [6.07, 6.45) is 33.8. The fourth-order valence-corrected chi connectivity index (χ4v) is 5.11. The molecule has 0 saturated heterocycles. The van der Waals surface area contributed by atoms with Crippen molar-refractivity contribution < 1.29 is 0 Å². The normalized spacial score (nSPS) is 11.4. The second-order valence-corrected chi connectivity index (χ2v) is 10.7. The van der Waals surface area contributed by atoms with Gasteiger partial charge < -0.3 is 0 Å². The molecule has 1 aromatic carbocycles. The first-order chi connectivity index (χ1) is 16.3. The number of hydrogen-bond acceptors (Lipinski definition) is 0. The summed E-state index contributed by atoms with van der Waals surface area (Å²) in [7, 11) is 0. The van der Waals surface area contributed by atoms with Crippen molar-refractivity contribution in [2.45, 2.75) is 168 Å². The highest BCUT2D eigenvalue weighted by atomic mass is 14.1. The minimum absolute atomic E-state index is 1.22. The lowest BCUT2D eigenvalue weighted by Crippen LogP contribution is -1.93. The van der Waals surface area contributed by atoms with Crippen LogP contribution in [0.15, 0.2) is 18.2 Å². The molecule has 0 aliphatic carbocycles. The zero-order valence-electron chi connectivity index (χ0n) is 22.9. The Hall–Kier alpha value is -0.780. The Morgan fingerprint density at radius 3 is 0.970 bits per heavy atom. The quantitative estimate of drug-likeness (QED) is 0.136. The van der Waals surface area contributed by atoms with E-state index in [1.165, 1.54) is 171 Å². The van der Waals surface area contributed by atoms with Gasteiger partial charge in [0.2, 0.25) is 0 Å². The molecule has 0 aliphatic heterocycles. The molecule has 0 bridgehead atoms. The predicted molar refractivity (Wildman–Crippen MR) is 151 cm³/mol. The summed E-state index contributed by atoms with van der Waals surface area (Å²) in [5, 5.41) is 0. The number of unbranched alkanes of at least 4 members (excludes halogenated alkanes) is 20. The van der Waals surface area contributed by atoms with Gasteiger partial charge in [-0.3, -0.25) is 0 Å². The Morgan fingerprint density at radius 1 is 0.394 bits per heavy atom. The molecule has 0 aromatic heterocycles. The van der Waals surface area contributed by atoms with Gasteiger partial charge in [0.1, 0.15) is 0 Å². The monoisotopic (exact) mass is 455 g/mol. The van der Waals surface area contributed by atoms with Crippen LogP contribution >= 0.6 is 0 Å². The van der Waals surface area contributed by atoms with Crippen LogP contribution in [0, 0.1) is 6.92 Å². The van der Waals surface area contributed by atoms with Crippen LogP contribution in [-0.4, -0.2) is 0 Å². The molecule has 0 saturated carbocycles. The molecule has 0 heteroatoms. The summed E-state index contributed by atoms with van der Waals surface area (Å²) in [5.74, 6) is 0. The molecular weight excluding hydrogens is 396 g/mol. The van der Waals surface area contributed by atoms with E-state index in [-0.39, 0.29) is 0 Å². The molecule has 0 heterocycles. The van der Waals surface area contributed by atoms with Crippen LogP contribution in [0.25, 0.3) is 0 Å². The minimum atomic E-state index is 1.22. The predicted octanol–water partition coefficient (Wildman–Crippen LogP) is 11.6. The second kappa shape index (κ2) is 23.0. The average molecular weight is 456 g/mol. The number of rotatable bonds is 24. The Bertz CT molecular complexity index is 485. The van der Waals surface area contributed by atoms with Crippen LogP contribution in [0.1, 0.15) is 172 Å². The van der Waals surface area contributed by atoms with Crippen molar-refractivity contribution in [1.82, 2.24) is 0 Å². The third kappa shape index (κ3) is 19.2. The molecule has 0 spiro atoms. The summed E-state index contributed by atoms with van der Waals surface area (Å²) in [6.45, 7) is 8.85.